The van der Waals surface area contributed by atoms with E-state index in [9.17, 15) is 4.79 Å². The number of unbranched alkanes of at least 4 members (excludes halogenated alkanes) is 2. The van der Waals surface area contributed by atoms with Gasteiger partial charge < -0.3 is 4.74 Å². The van der Waals surface area contributed by atoms with Crippen LogP contribution in [0, 0.1) is 5.92 Å². The molecule has 0 bridgehead atoms. The van der Waals surface area contributed by atoms with E-state index in [2.05, 4.69) is 27.7 Å². The van der Waals surface area contributed by atoms with Crippen LogP contribution < -0.4 is 4.74 Å². The Morgan fingerprint density at radius 3 is 2.27 bits per heavy atom. The summed E-state index contributed by atoms with van der Waals surface area (Å²) in [6.07, 6.45) is 7.31. The molecule has 0 unspecified atom stereocenters. The molecule has 0 saturated heterocycles. The van der Waals surface area contributed by atoms with Crippen LogP contribution in [0.15, 0.2) is 35.9 Å². The van der Waals surface area contributed by atoms with Gasteiger partial charge in [-0.3, -0.25) is 4.79 Å². The minimum Gasteiger partial charge on any atom is -0.494 e. The van der Waals surface area contributed by atoms with E-state index in [4.69, 9.17) is 4.74 Å². The number of allylic oxidation sites excluding steroid dienone is 2. The Labute approximate surface area is 135 Å². The molecule has 0 amide bonds. The normalized spacial score (nSPS) is 11.8. The van der Waals surface area contributed by atoms with Crippen LogP contribution in [-0.4, -0.2) is 12.4 Å². The average molecular weight is 302 g/mol. The minimum atomic E-state index is 0.0971. The molecule has 1 rings (SSSR count). The average Bonchev–Trinajstić information content (AvgIpc) is 2.51. The fourth-order valence-corrected chi connectivity index (χ4v) is 2.21. The number of benzene rings is 1. The summed E-state index contributed by atoms with van der Waals surface area (Å²) in [7, 11) is 0. The third-order valence-electron chi connectivity index (χ3n) is 3.78. The number of carbonyl (C=O) groups excluding carboxylic acids is 1. The molecule has 0 saturated carbocycles. The number of carbonyl (C=O) groups is 1. The molecule has 0 atom stereocenters. The quantitative estimate of drug-likeness (QED) is 0.309. The lowest BCUT2D eigenvalue weighted by atomic mass is 9.95. The Morgan fingerprint density at radius 1 is 1.09 bits per heavy atom. The van der Waals surface area contributed by atoms with E-state index in [1.807, 2.05) is 30.3 Å². The predicted molar refractivity (Wildman–Crippen MR) is 93.6 cm³/mol. The minimum absolute atomic E-state index is 0.0971. The van der Waals surface area contributed by atoms with Crippen LogP contribution >= 0.6 is 0 Å². The molecule has 122 valence electrons. The number of ketones is 1. The van der Waals surface area contributed by atoms with Crippen molar-refractivity contribution in [2.45, 2.75) is 59.8 Å². The van der Waals surface area contributed by atoms with Gasteiger partial charge in [-0.2, -0.15) is 0 Å². The molecule has 0 aliphatic carbocycles. The zero-order valence-corrected chi connectivity index (χ0v) is 14.5. The molecule has 0 aromatic heterocycles. The van der Waals surface area contributed by atoms with E-state index in [-0.39, 0.29) is 5.78 Å². The molecule has 0 aliphatic rings. The molecule has 2 nitrogen and oxygen atoms in total. The Kier molecular flexibility index (Phi) is 8.57. The highest BCUT2D eigenvalue weighted by Gasteiger charge is 2.08. The van der Waals surface area contributed by atoms with E-state index >= 15 is 0 Å². The first-order valence-corrected chi connectivity index (χ1v) is 8.56. The Bertz CT molecular complexity index is 469. The summed E-state index contributed by atoms with van der Waals surface area (Å²) in [6.45, 7) is 9.36. The second kappa shape index (κ2) is 10.2. The summed E-state index contributed by atoms with van der Waals surface area (Å²) in [5.41, 5.74) is 1.98. The van der Waals surface area contributed by atoms with E-state index in [0.717, 1.165) is 50.0 Å². The van der Waals surface area contributed by atoms with Crippen LogP contribution in [-0.2, 0) is 0 Å². The summed E-state index contributed by atoms with van der Waals surface area (Å²) >= 11 is 0. The maximum atomic E-state index is 12.4. The standard InChI is InChI=1S/C20H30O2/c1-5-7-9-18(16(3)4)15-20(21)17-10-12-19(13-11-17)22-14-8-6-2/h10-13,15-16H,5-9,14H2,1-4H3/b18-15+. The van der Waals surface area contributed by atoms with E-state index in [0.29, 0.717) is 5.92 Å². The highest BCUT2D eigenvalue weighted by molar-refractivity contribution is 6.05. The van der Waals surface area contributed by atoms with Crippen molar-refractivity contribution in [2.75, 3.05) is 6.61 Å². The monoisotopic (exact) mass is 302 g/mol. The van der Waals surface area contributed by atoms with Crippen molar-refractivity contribution >= 4 is 5.78 Å². The molecular weight excluding hydrogens is 272 g/mol. The van der Waals surface area contributed by atoms with Gasteiger partial charge >= 0.3 is 0 Å². The largest absolute Gasteiger partial charge is 0.494 e. The van der Waals surface area contributed by atoms with Crippen LogP contribution in [0.2, 0.25) is 0 Å². The fraction of sp³-hybridized carbons (Fsp3) is 0.550. The smallest absolute Gasteiger partial charge is 0.185 e. The third kappa shape index (κ3) is 6.46. The van der Waals surface area contributed by atoms with Crippen LogP contribution in [0.4, 0.5) is 0 Å². The first kappa shape index (κ1) is 18.5. The van der Waals surface area contributed by atoms with Gasteiger partial charge in [0.15, 0.2) is 5.78 Å². The van der Waals surface area contributed by atoms with E-state index < -0.39 is 0 Å². The van der Waals surface area contributed by atoms with Gasteiger partial charge in [-0.05, 0) is 55.5 Å². The van der Waals surface area contributed by atoms with Crippen molar-refractivity contribution in [1.29, 1.82) is 0 Å². The number of ether oxygens (including phenoxy) is 1. The lowest BCUT2D eigenvalue weighted by Gasteiger charge is -2.11. The Morgan fingerprint density at radius 2 is 1.73 bits per heavy atom. The zero-order chi connectivity index (χ0) is 16.4. The third-order valence-corrected chi connectivity index (χ3v) is 3.78. The topological polar surface area (TPSA) is 26.3 Å². The second-order valence-corrected chi connectivity index (χ2v) is 6.07. The van der Waals surface area contributed by atoms with Crippen molar-refractivity contribution in [2.24, 2.45) is 5.92 Å². The van der Waals surface area contributed by atoms with Crippen molar-refractivity contribution in [3.63, 3.8) is 0 Å². The molecule has 1 aromatic carbocycles. The molecule has 0 heterocycles. The molecular formula is C20H30O2. The molecule has 0 spiro atoms. The predicted octanol–water partition coefficient (Wildman–Crippen LogP) is 5.82. The molecule has 0 fully saturated rings. The SMILES string of the molecule is CCCCOc1ccc(C(=O)/C=C(\CCCC)C(C)C)cc1. The molecule has 1 aromatic rings. The summed E-state index contributed by atoms with van der Waals surface area (Å²) in [5, 5.41) is 0. The van der Waals surface area contributed by atoms with Crippen LogP contribution in [0.25, 0.3) is 0 Å². The van der Waals surface area contributed by atoms with Crippen molar-refractivity contribution < 1.29 is 9.53 Å². The first-order chi connectivity index (χ1) is 10.6. The zero-order valence-electron chi connectivity index (χ0n) is 14.5. The lowest BCUT2D eigenvalue weighted by molar-refractivity contribution is 0.104. The van der Waals surface area contributed by atoms with Crippen LogP contribution in [0.5, 0.6) is 5.75 Å². The first-order valence-electron chi connectivity index (χ1n) is 8.56. The van der Waals surface area contributed by atoms with Crippen LogP contribution in [0.1, 0.15) is 70.2 Å². The van der Waals surface area contributed by atoms with Crippen molar-refractivity contribution in [3.8, 4) is 5.75 Å². The molecule has 0 N–H and O–H groups in total. The van der Waals surface area contributed by atoms with Gasteiger partial charge in [0.2, 0.25) is 0 Å². The van der Waals surface area contributed by atoms with Gasteiger partial charge in [0.05, 0.1) is 6.61 Å². The van der Waals surface area contributed by atoms with Crippen molar-refractivity contribution in [1.82, 2.24) is 0 Å². The summed E-state index contributed by atoms with van der Waals surface area (Å²) in [4.78, 5) is 12.4. The molecule has 0 radical (unpaired) electrons. The summed E-state index contributed by atoms with van der Waals surface area (Å²) < 4.78 is 5.63. The maximum Gasteiger partial charge on any atom is 0.185 e. The Hall–Kier alpha value is -1.57. The lowest BCUT2D eigenvalue weighted by Crippen LogP contribution is -2.02. The van der Waals surface area contributed by atoms with E-state index in [1.54, 1.807) is 0 Å². The van der Waals surface area contributed by atoms with Gasteiger partial charge in [0, 0.05) is 5.56 Å². The van der Waals surface area contributed by atoms with Gasteiger partial charge in [-0.15, -0.1) is 0 Å². The Balaban J connectivity index is 2.71. The van der Waals surface area contributed by atoms with Gasteiger partial charge in [0.1, 0.15) is 5.75 Å². The number of rotatable bonds is 10. The van der Waals surface area contributed by atoms with Gasteiger partial charge in [-0.1, -0.05) is 46.1 Å². The van der Waals surface area contributed by atoms with Gasteiger partial charge in [0.25, 0.3) is 0 Å². The number of hydrogen-bond donors (Lipinski definition) is 0. The van der Waals surface area contributed by atoms with Crippen LogP contribution in [0.3, 0.4) is 0 Å². The summed E-state index contributed by atoms with van der Waals surface area (Å²) in [6, 6.07) is 7.49. The highest BCUT2D eigenvalue weighted by atomic mass is 16.5. The molecule has 22 heavy (non-hydrogen) atoms. The van der Waals surface area contributed by atoms with Crippen molar-refractivity contribution in [3.05, 3.63) is 41.5 Å². The second-order valence-electron chi connectivity index (χ2n) is 6.07. The summed E-state index contributed by atoms with van der Waals surface area (Å²) in [5.74, 6) is 1.36. The fourth-order valence-electron chi connectivity index (χ4n) is 2.21. The van der Waals surface area contributed by atoms with Gasteiger partial charge in [-0.25, -0.2) is 0 Å². The maximum absolute atomic E-state index is 12.4. The highest BCUT2D eigenvalue weighted by Crippen LogP contribution is 2.19. The van der Waals surface area contributed by atoms with E-state index in [1.165, 1.54) is 5.57 Å². The molecule has 0 aliphatic heterocycles. The molecule has 2 heteroatoms. The number of hydrogen-bond acceptors (Lipinski definition) is 2.